The van der Waals surface area contributed by atoms with Gasteiger partial charge < -0.3 is 26.2 Å². The first kappa shape index (κ1) is 21.9. The first-order chi connectivity index (χ1) is 15.0. The summed E-state index contributed by atoms with van der Waals surface area (Å²) in [5.41, 5.74) is 7.60. The summed E-state index contributed by atoms with van der Waals surface area (Å²) in [6.45, 7) is 0.554. The third-order valence-electron chi connectivity index (χ3n) is 4.32. The number of thiophene rings is 1. The predicted molar refractivity (Wildman–Crippen MR) is 120 cm³/mol. The maximum Gasteiger partial charge on any atom is 0.371 e. The zero-order valence-corrected chi connectivity index (χ0v) is 17.4. The number of aliphatic imine (C=N–C) groups is 1. The summed E-state index contributed by atoms with van der Waals surface area (Å²) in [7, 11) is 1.38. The summed E-state index contributed by atoms with van der Waals surface area (Å²) in [4.78, 5) is 36.6. The molecule has 31 heavy (non-hydrogen) atoms. The zero-order valence-electron chi connectivity index (χ0n) is 16.5. The van der Waals surface area contributed by atoms with Crippen molar-refractivity contribution in [1.82, 2.24) is 0 Å². The van der Waals surface area contributed by atoms with Gasteiger partial charge in [-0.3, -0.25) is 14.6 Å². The second-order valence-corrected chi connectivity index (χ2v) is 7.38. The molecular weight excluding hydrogens is 420 g/mol. The van der Waals surface area contributed by atoms with Gasteiger partial charge in [-0.05, 0) is 23.8 Å². The molecule has 2 heterocycles. The van der Waals surface area contributed by atoms with Gasteiger partial charge in [0.1, 0.15) is 10.8 Å². The van der Waals surface area contributed by atoms with Crippen molar-refractivity contribution >= 4 is 56.1 Å². The zero-order chi connectivity index (χ0) is 22.4. The van der Waals surface area contributed by atoms with E-state index >= 15 is 0 Å². The molecule has 3 aromatic rings. The van der Waals surface area contributed by atoms with E-state index in [-0.39, 0.29) is 18.3 Å². The van der Waals surface area contributed by atoms with Gasteiger partial charge in [-0.1, -0.05) is 24.3 Å². The second kappa shape index (κ2) is 9.83. The summed E-state index contributed by atoms with van der Waals surface area (Å²) in [5.74, 6) is -0.769. The van der Waals surface area contributed by atoms with E-state index in [1.807, 2.05) is 42.5 Å². The number of rotatable bonds is 3. The molecule has 1 aliphatic rings. The number of carbonyl (C=O) groups excluding carboxylic acids is 2. The number of nitrogens with one attached hydrogen (secondary N) is 2. The van der Waals surface area contributed by atoms with Crippen molar-refractivity contribution in [3.63, 3.8) is 0 Å². The van der Waals surface area contributed by atoms with Crippen LogP contribution in [0, 0.1) is 0 Å². The Labute approximate surface area is 181 Å². The Morgan fingerprint density at radius 2 is 2.13 bits per heavy atom. The molecule has 0 saturated carbocycles. The number of anilines is 2. The standard InChI is InChI=1S/C12H10N2O3S.C9H10N2O2/c1-13-10(12(16)17)14-11-8(6-15)7-4-2-3-5-9(7)18-11;10-4-6-1-2-8-7(3-6)11-9(12)5-13-8/h2-6H,1H3,(H,13,14)(H,16,17);1-3H,4-5,10H2,(H,11,12). The van der Waals surface area contributed by atoms with Crippen molar-refractivity contribution in [1.29, 1.82) is 0 Å². The lowest BCUT2D eigenvalue weighted by atomic mass is 10.1. The number of carbonyl (C=O) groups is 3. The first-order valence-electron chi connectivity index (χ1n) is 9.16. The minimum absolute atomic E-state index is 0.0922. The molecule has 9 nitrogen and oxygen atoms in total. The van der Waals surface area contributed by atoms with Crippen molar-refractivity contribution in [3.8, 4) is 5.75 Å². The molecule has 1 aliphatic heterocycles. The quantitative estimate of drug-likeness (QED) is 0.278. The minimum atomic E-state index is -1.16. The fourth-order valence-corrected chi connectivity index (χ4v) is 3.92. The summed E-state index contributed by atoms with van der Waals surface area (Å²) in [6.07, 6.45) is 0.719. The van der Waals surface area contributed by atoms with E-state index in [2.05, 4.69) is 15.6 Å². The van der Waals surface area contributed by atoms with Crippen LogP contribution in [0.15, 0.2) is 47.5 Å². The molecule has 0 bridgehead atoms. The van der Waals surface area contributed by atoms with Gasteiger partial charge in [0.2, 0.25) is 5.84 Å². The first-order valence-corrected chi connectivity index (χ1v) is 9.98. The number of nitrogens with two attached hydrogens (primary N) is 1. The van der Waals surface area contributed by atoms with Crippen LogP contribution in [0.25, 0.3) is 10.1 Å². The minimum Gasteiger partial charge on any atom is -0.482 e. The summed E-state index contributed by atoms with van der Waals surface area (Å²) >= 11 is 1.32. The average Bonchev–Trinajstić information content (AvgIpc) is 3.14. The predicted octanol–water partition coefficient (Wildman–Crippen LogP) is 2.71. The van der Waals surface area contributed by atoms with Gasteiger partial charge in [0.05, 0.1) is 11.3 Å². The molecule has 1 aromatic heterocycles. The van der Waals surface area contributed by atoms with E-state index in [1.54, 1.807) is 0 Å². The molecule has 4 rings (SSSR count). The van der Waals surface area contributed by atoms with Crippen molar-refractivity contribution in [3.05, 3.63) is 53.6 Å². The van der Waals surface area contributed by atoms with Crippen LogP contribution in [0.3, 0.4) is 0 Å². The molecule has 0 aliphatic carbocycles. The molecule has 0 fully saturated rings. The second-order valence-electron chi connectivity index (χ2n) is 6.33. The monoisotopic (exact) mass is 440 g/mol. The topological polar surface area (TPSA) is 143 Å². The van der Waals surface area contributed by atoms with Gasteiger partial charge >= 0.3 is 5.97 Å². The van der Waals surface area contributed by atoms with Crippen LogP contribution in [-0.4, -0.2) is 42.8 Å². The van der Waals surface area contributed by atoms with Crippen LogP contribution in [0.1, 0.15) is 15.9 Å². The molecule has 5 N–H and O–H groups in total. The van der Waals surface area contributed by atoms with E-state index in [0.717, 1.165) is 21.9 Å². The average molecular weight is 440 g/mol. The number of hydrogen-bond donors (Lipinski definition) is 4. The van der Waals surface area contributed by atoms with Gasteiger partial charge in [0.25, 0.3) is 5.91 Å². The Balaban J connectivity index is 0.000000185. The van der Waals surface area contributed by atoms with Gasteiger partial charge in [0.15, 0.2) is 12.9 Å². The molecule has 1 amide bonds. The third-order valence-corrected chi connectivity index (χ3v) is 5.42. The molecule has 2 aromatic carbocycles. The Hall–Kier alpha value is -3.76. The van der Waals surface area contributed by atoms with Crippen molar-refractivity contribution < 1.29 is 24.2 Å². The van der Waals surface area contributed by atoms with Crippen molar-refractivity contribution in [2.75, 3.05) is 24.3 Å². The van der Waals surface area contributed by atoms with Crippen LogP contribution >= 0.6 is 11.3 Å². The molecule has 0 spiro atoms. The SMILES string of the molecule is CN=C(Nc1sc2ccccc2c1C=O)C(=O)O.NCc1ccc2c(c1)NC(=O)CO2. The Morgan fingerprint density at radius 1 is 1.35 bits per heavy atom. The number of carboxylic acid groups (broad SMARTS) is 1. The molecule has 160 valence electrons. The van der Waals surface area contributed by atoms with E-state index in [9.17, 15) is 14.4 Å². The smallest absolute Gasteiger partial charge is 0.371 e. The van der Waals surface area contributed by atoms with Crippen LogP contribution < -0.4 is 21.1 Å². The van der Waals surface area contributed by atoms with Gasteiger partial charge in [-0.15, -0.1) is 11.3 Å². The van der Waals surface area contributed by atoms with E-state index in [0.29, 0.717) is 28.5 Å². The number of benzene rings is 2. The lowest BCUT2D eigenvalue weighted by molar-refractivity contribution is -0.129. The van der Waals surface area contributed by atoms with E-state index in [4.69, 9.17) is 15.6 Å². The maximum atomic E-state index is 11.1. The maximum absolute atomic E-state index is 11.1. The van der Waals surface area contributed by atoms with Crippen molar-refractivity contribution in [2.24, 2.45) is 10.7 Å². The number of aldehydes is 1. The molecule has 0 unspecified atom stereocenters. The number of ether oxygens (including phenoxy) is 1. The summed E-state index contributed by atoms with van der Waals surface area (Å²) < 4.78 is 6.10. The highest BCUT2D eigenvalue weighted by atomic mass is 32.1. The highest BCUT2D eigenvalue weighted by molar-refractivity contribution is 7.23. The molecule has 0 saturated heterocycles. The van der Waals surface area contributed by atoms with E-state index in [1.165, 1.54) is 18.4 Å². The highest BCUT2D eigenvalue weighted by Crippen LogP contribution is 2.34. The Kier molecular flexibility index (Phi) is 6.96. The summed E-state index contributed by atoms with van der Waals surface area (Å²) in [5, 5.41) is 15.6. The molecular formula is C21H20N4O5S. The lowest BCUT2D eigenvalue weighted by Gasteiger charge is -2.18. The molecule has 10 heteroatoms. The number of carboxylic acids is 1. The number of aliphatic carboxylic acids is 1. The number of amides is 1. The van der Waals surface area contributed by atoms with Gasteiger partial charge in [-0.2, -0.15) is 0 Å². The van der Waals surface area contributed by atoms with Crippen LogP contribution in [0.4, 0.5) is 10.7 Å². The Morgan fingerprint density at radius 3 is 2.81 bits per heavy atom. The largest absolute Gasteiger partial charge is 0.482 e. The fraction of sp³-hybridized carbons (Fsp3) is 0.143. The van der Waals surface area contributed by atoms with Crippen LogP contribution in [0.5, 0.6) is 5.75 Å². The molecule has 0 radical (unpaired) electrons. The fourth-order valence-electron chi connectivity index (χ4n) is 2.85. The number of hydrogen-bond acceptors (Lipinski definition) is 7. The Bertz CT molecular complexity index is 1170. The normalized spacial score (nSPS) is 12.7. The summed E-state index contributed by atoms with van der Waals surface area (Å²) in [6, 6.07) is 12.9. The number of fused-ring (bicyclic) bond motifs is 2. The van der Waals surface area contributed by atoms with Crippen molar-refractivity contribution in [2.45, 2.75) is 6.54 Å². The molecule has 0 atom stereocenters. The van der Waals surface area contributed by atoms with Crippen LogP contribution in [-0.2, 0) is 16.1 Å². The number of amidine groups is 1. The lowest BCUT2D eigenvalue weighted by Crippen LogP contribution is -2.25. The van der Waals surface area contributed by atoms with Crippen LogP contribution in [0.2, 0.25) is 0 Å². The highest BCUT2D eigenvalue weighted by Gasteiger charge is 2.16. The van der Waals surface area contributed by atoms with Gasteiger partial charge in [-0.25, -0.2) is 4.79 Å². The van der Waals surface area contributed by atoms with Gasteiger partial charge in [0, 0.05) is 23.7 Å². The third kappa shape index (κ3) is 5.05. The van der Waals surface area contributed by atoms with E-state index < -0.39 is 5.97 Å². The number of nitrogens with zero attached hydrogens (tertiary/aromatic N) is 1.